The minimum Gasteiger partial charge on any atom is -0.360 e. The number of aromatic nitrogens is 1. The molecular weight excluding hydrogens is 362 g/mol. The van der Waals surface area contributed by atoms with E-state index >= 15 is 0 Å². The zero-order valence-corrected chi connectivity index (χ0v) is 14.8. The van der Waals surface area contributed by atoms with Gasteiger partial charge in [0, 0.05) is 5.56 Å². The van der Waals surface area contributed by atoms with E-state index in [4.69, 9.17) is 16.1 Å². The highest BCUT2D eigenvalue weighted by Gasteiger charge is 2.26. The number of benzene rings is 2. The Kier molecular flexibility index (Phi) is 5.04. The first-order valence-electron chi connectivity index (χ1n) is 7.86. The molecule has 1 atom stereocenters. The van der Waals surface area contributed by atoms with Gasteiger partial charge in [0.05, 0.1) is 16.6 Å². The summed E-state index contributed by atoms with van der Waals surface area (Å²) < 4.78 is 33.2. The number of nitrogens with one attached hydrogen (secondary N) is 1. The first kappa shape index (κ1) is 18.1. The fourth-order valence-corrected chi connectivity index (χ4v) is 2.96. The average Bonchev–Trinajstić information content (AvgIpc) is 2.96. The quantitative estimate of drug-likeness (QED) is 0.691. The number of hydrogen-bond acceptors (Lipinski definition) is 3. The van der Waals surface area contributed by atoms with Gasteiger partial charge in [0.1, 0.15) is 28.7 Å². The third-order valence-corrected chi connectivity index (χ3v) is 4.32. The van der Waals surface area contributed by atoms with Crippen molar-refractivity contribution in [2.75, 3.05) is 0 Å². The van der Waals surface area contributed by atoms with Gasteiger partial charge in [-0.05, 0) is 32.0 Å². The highest BCUT2D eigenvalue weighted by Crippen LogP contribution is 2.33. The molecule has 3 rings (SSSR count). The summed E-state index contributed by atoms with van der Waals surface area (Å²) >= 11 is 6.07. The van der Waals surface area contributed by atoms with Crippen molar-refractivity contribution < 1.29 is 18.1 Å². The molecule has 0 unspecified atom stereocenters. The minimum atomic E-state index is -0.623. The lowest BCUT2D eigenvalue weighted by atomic mass is 10.0. The minimum absolute atomic E-state index is 0.00355. The Hall–Kier alpha value is -2.73. The van der Waals surface area contributed by atoms with Crippen molar-refractivity contribution in [3.05, 3.63) is 76.0 Å². The van der Waals surface area contributed by atoms with E-state index in [1.165, 1.54) is 31.2 Å². The summed E-state index contributed by atoms with van der Waals surface area (Å²) in [5, 5.41) is 6.58. The normalized spacial score (nSPS) is 12.0. The Morgan fingerprint density at radius 2 is 1.85 bits per heavy atom. The monoisotopic (exact) mass is 376 g/mol. The summed E-state index contributed by atoms with van der Waals surface area (Å²) in [6, 6.07) is 9.69. The highest BCUT2D eigenvalue weighted by molar-refractivity contribution is 6.33. The largest absolute Gasteiger partial charge is 0.360 e. The molecule has 2 aromatic carbocycles. The topological polar surface area (TPSA) is 55.1 Å². The second-order valence-corrected chi connectivity index (χ2v) is 6.18. The maximum atomic E-state index is 14.2. The Balaban J connectivity index is 1.97. The first-order chi connectivity index (χ1) is 12.4. The third-order valence-electron chi connectivity index (χ3n) is 4.01. The van der Waals surface area contributed by atoms with Crippen LogP contribution in [0.1, 0.15) is 34.6 Å². The molecule has 0 bridgehead atoms. The van der Waals surface area contributed by atoms with Crippen molar-refractivity contribution >= 4 is 17.5 Å². The Morgan fingerprint density at radius 3 is 2.54 bits per heavy atom. The van der Waals surface area contributed by atoms with Gasteiger partial charge in [0.15, 0.2) is 0 Å². The number of hydrogen-bond donors (Lipinski definition) is 1. The van der Waals surface area contributed by atoms with Crippen molar-refractivity contribution in [1.29, 1.82) is 0 Å². The molecule has 0 fully saturated rings. The number of rotatable bonds is 4. The molecule has 1 amide bonds. The number of carbonyl (C=O) groups excluding carboxylic acids is 1. The molecule has 3 aromatic rings. The summed E-state index contributed by atoms with van der Waals surface area (Å²) in [5.41, 5.74) is 0.374. The summed E-state index contributed by atoms with van der Waals surface area (Å²) in [7, 11) is 0. The molecule has 0 spiro atoms. The van der Waals surface area contributed by atoms with E-state index in [1.807, 2.05) is 0 Å². The van der Waals surface area contributed by atoms with Crippen molar-refractivity contribution in [2.45, 2.75) is 19.9 Å². The van der Waals surface area contributed by atoms with Crippen LogP contribution in [-0.2, 0) is 0 Å². The molecule has 1 heterocycles. The van der Waals surface area contributed by atoms with E-state index in [2.05, 4.69) is 10.5 Å². The molecule has 0 aliphatic heterocycles. The molecule has 0 saturated heterocycles. The van der Waals surface area contributed by atoms with Gasteiger partial charge in [-0.15, -0.1) is 0 Å². The van der Waals surface area contributed by atoms with E-state index in [0.717, 1.165) is 0 Å². The van der Waals surface area contributed by atoms with Gasteiger partial charge in [0.25, 0.3) is 5.91 Å². The van der Waals surface area contributed by atoms with E-state index in [1.54, 1.807) is 25.1 Å². The molecular formula is C19H15ClF2N2O2. The van der Waals surface area contributed by atoms with Crippen molar-refractivity contribution in [3.8, 4) is 11.3 Å². The smallest absolute Gasteiger partial charge is 0.257 e. The van der Waals surface area contributed by atoms with E-state index in [0.29, 0.717) is 5.56 Å². The van der Waals surface area contributed by atoms with Crippen LogP contribution in [0, 0.1) is 18.6 Å². The summed E-state index contributed by atoms with van der Waals surface area (Å²) in [6.07, 6.45) is 0. The van der Waals surface area contributed by atoms with Gasteiger partial charge in [-0.3, -0.25) is 4.79 Å². The molecule has 0 saturated carbocycles. The van der Waals surface area contributed by atoms with Crippen molar-refractivity contribution in [2.24, 2.45) is 0 Å². The standard InChI is InChI=1S/C19H15ClF2N2O2/c1-10(12-6-3-4-8-14(12)21)23-19(25)16-11(2)26-24-18(16)17-13(20)7-5-9-15(17)22/h3-10H,1-2H3,(H,23,25)/t10-/m0/s1. The maximum absolute atomic E-state index is 14.2. The first-order valence-corrected chi connectivity index (χ1v) is 8.24. The maximum Gasteiger partial charge on any atom is 0.257 e. The predicted octanol–water partition coefficient (Wildman–Crippen LogP) is 5.07. The van der Waals surface area contributed by atoms with Gasteiger partial charge < -0.3 is 9.84 Å². The van der Waals surface area contributed by atoms with Crippen LogP contribution in [0.15, 0.2) is 47.0 Å². The van der Waals surface area contributed by atoms with E-state index in [9.17, 15) is 13.6 Å². The van der Waals surface area contributed by atoms with Gasteiger partial charge in [-0.25, -0.2) is 8.78 Å². The van der Waals surface area contributed by atoms with Crippen molar-refractivity contribution in [1.82, 2.24) is 10.5 Å². The molecule has 1 N–H and O–H groups in total. The number of halogens is 3. The van der Waals surface area contributed by atoms with Crippen LogP contribution < -0.4 is 5.32 Å². The molecule has 4 nitrogen and oxygen atoms in total. The van der Waals surface area contributed by atoms with Gasteiger partial charge in [0.2, 0.25) is 0 Å². The van der Waals surface area contributed by atoms with Gasteiger partial charge in [-0.1, -0.05) is 41.0 Å². The van der Waals surface area contributed by atoms with Crippen LogP contribution in [-0.4, -0.2) is 11.1 Å². The Bertz CT molecular complexity index is 952. The number of carbonyl (C=O) groups is 1. The summed E-state index contributed by atoms with van der Waals surface area (Å²) in [5.74, 6) is -1.41. The summed E-state index contributed by atoms with van der Waals surface area (Å²) in [6.45, 7) is 3.18. The summed E-state index contributed by atoms with van der Waals surface area (Å²) in [4.78, 5) is 12.7. The van der Waals surface area contributed by atoms with E-state index in [-0.39, 0.29) is 27.6 Å². The molecule has 1 aromatic heterocycles. The van der Waals surface area contributed by atoms with Crippen LogP contribution in [0.5, 0.6) is 0 Å². The van der Waals surface area contributed by atoms with Crippen LogP contribution in [0.3, 0.4) is 0 Å². The van der Waals surface area contributed by atoms with Crippen molar-refractivity contribution in [3.63, 3.8) is 0 Å². The van der Waals surface area contributed by atoms with Crippen LogP contribution in [0.4, 0.5) is 8.78 Å². The van der Waals surface area contributed by atoms with Crippen LogP contribution in [0.25, 0.3) is 11.3 Å². The fraction of sp³-hybridized carbons (Fsp3) is 0.158. The number of aryl methyl sites for hydroxylation is 1. The lowest BCUT2D eigenvalue weighted by molar-refractivity contribution is 0.0938. The second-order valence-electron chi connectivity index (χ2n) is 5.78. The van der Waals surface area contributed by atoms with Crippen LogP contribution in [0.2, 0.25) is 5.02 Å². The third kappa shape index (κ3) is 3.32. The zero-order chi connectivity index (χ0) is 18.8. The SMILES string of the molecule is Cc1onc(-c2c(F)cccc2Cl)c1C(=O)N[C@@H](C)c1ccccc1F. The second kappa shape index (κ2) is 7.25. The Labute approximate surface area is 153 Å². The van der Waals surface area contributed by atoms with Crippen LogP contribution >= 0.6 is 11.6 Å². The molecule has 7 heteroatoms. The predicted molar refractivity (Wildman–Crippen MR) is 93.9 cm³/mol. The average molecular weight is 377 g/mol. The highest BCUT2D eigenvalue weighted by atomic mass is 35.5. The number of amides is 1. The lowest BCUT2D eigenvalue weighted by Crippen LogP contribution is -2.28. The lowest BCUT2D eigenvalue weighted by Gasteiger charge is -2.15. The molecule has 0 radical (unpaired) electrons. The van der Waals surface area contributed by atoms with Gasteiger partial charge >= 0.3 is 0 Å². The Morgan fingerprint density at radius 1 is 1.15 bits per heavy atom. The molecule has 0 aliphatic rings. The fourth-order valence-electron chi connectivity index (χ4n) is 2.71. The van der Waals surface area contributed by atoms with E-state index < -0.39 is 23.6 Å². The number of nitrogens with zero attached hydrogens (tertiary/aromatic N) is 1. The molecule has 134 valence electrons. The zero-order valence-electron chi connectivity index (χ0n) is 14.0. The molecule has 0 aliphatic carbocycles. The van der Waals surface area contributed by atoms with Gasteiger partial charge in [-0.2, -0.15) is 0 Å². The molecule has 26 heavy (non-hydrogen) atoms.